The van der Waals surface area contributed by atoms with Gasteiger partial charge in [0.1, 0.15) is 0 Å². The molecule has 1 aromatic carbocycles. The Morgan fingerprint density at radius 1 is 1.39 bits per heavy atom. The third-order valence-electron chi connectivity index (χ3n) is 5.67. The van der Waals surface area contributed by atoms with Crippen LogP contribution in [0.4, 0.5) is 0 Å². The summed E-state index contributed by atoms with van der Waals surface area (Å²) in [5.74, 6) is -0.0786. The molecule has 1 aromatic rings. The monoisotopic (exact) mass is 317 g/mol. The summed E-state index contributed by atoms with van der Waals surface area (Å²) >= 11 is 0. The number of rotatable bonds is 6. The number of nitrogens with one attached hydrogen (secondary N) is 1. The van der Waals surface area contributed by atoms with Gasteiger partial charge in [0.05, 0.1) is 18.1 Å². The van der Waals surface area contributed by atoms with Gasteiger partial charge >= 0.3 is 0 Å². The molecule has 3 rings (SSSR count). The fraction of sp³-hybridized carbons (Fsp3) is 0.632. The van der Waals surface area contributed by atoms with E-state index in [-0.39, 0.29) is 23.8 Å². The van der Waals surface area contributed by atoms with Crippen molar-refractivity contribution in [3.8, 4) is 0 Å². The summed E-state index contributed by atoms with van der Waals surface area (Å²) < 4.78 is 5.82. The highest BCUT2D eigenvalue weighted by Gasteiger charge is 2.59. The Kier molecular flexibility index (Phi) is 4.47. The molecule has 3 unspecified atom stereocenters. The number of benzene rings is 1. The van der Waals surface area contributed by atoms with Gasteiger partial charge < -0.3 is 15.2 Å². The van der Waals surface area contributed by atoms with Crippen LogP contribution < -0.4 is 5.32 Å². The average Bonchev–Trinajstić information content (AvgIpc) is 2.44. The van der Waals surface area contributed by atoms with Crippen molar-refractivity contribution in [3.05, 3.63) is 35.9 Å². The topological polar surface area (TPSA) is 58.6 Å². The first-order valence-electron chi connectivity index (χ1n) is 8.67. The van der Waals surface area contributed by atoms with Gasteiger partial charge in [-0.15, -0.1) is 0 Å². The van der Waals surface area contributed by atoms with Crippen molar-refractivity contribution >= 4 is 5.91 Å². The van der Waals surface area contributed by atoms with Crippen LogP contribution in [0.25, 0.3) is 0 Å². The molecular weight excluding hydrogens is 290 g/mol. The van der Waals surface area contributed by atoms with Gasteiger partial charge in [0.15, 0.2) is 0 Å². The minimum Gasteiger partial charge on any atom is -0.385 e. The Morgan fingerprint density at radius 3 is 2.65 bits per heavy atom. The Morgan fingerprint density at radius 2 is 2.09 bits per heavy atom. The van der Waals surface area contributed by atoms with Gasteiger partial charge in [-0.2, -0.15) is 0 Å². The molecule has 23 heavy (non-hydrogen) atoms. The first kappa shape index (κ1) is 16.5. The van der Waals surface area contributed by atoms with Gasteiger partial charge in [-0.25, -0.2) is 0 Å². The molecule has 0 aromatic heterocycles. The smallest absolute Gasteiger partial charge is 0.223 e. The molecule has 4 nitrogen and oxygen atoms in total. The third-order valence-corrected chi connectivity index (χ3v) is 5.67. The van der Waals surface area contributed by atoms with Crippen molar-refractivity contribution in [2.24, 2.45) is 5.41 Å². The number of amides is 1. The molecule has 4 heteroatoms. The van der Waals surface area contributed by atoms with Gasteiger partial charge in [0, 0.05) is 18.1 Å². The molecule has 2 fully saturated rings. The van der Waals surface area contributed by atoms with Crippen LogP contribution in [0, 0.1) is 5.41 Å². The second kappa shape index (κ2) is 6.25. The molecule has 0 bridgehead atoms. The lowest BCUT2D eigenvalue weighted by molar-refractivity contribution is -0.176. The van der Waals surface area contributed by atoms with E-state index >= 15 is 0 Å². The van der Waals surface area contributed by atoms with Crippen molar-refractivity contribution < 1.29 is 14.6 Å². The maximum Gasteiger partial charge on any atom is 0.223 e. The van der Waals surface area contributed by atoms with Crippen LogP contribution in [0.15, 0.2) is 30.3 Å². The largest absolute Gasteiger partial charge is 0.385 e. The molecule has 126 valence electrons. The highest BCUT2D eigenvalue weighted by atomic mass is 16.5. The lowest BCUT2D eigenvalue weighted by Gasteiger charge is -2.61. The van der Waals surface area contributed by atoms with Gasteiger partial charge in [-0.1, -0.05) is 36.8 Å². The van der Waals surface area contributed by atoms with Gasteiger partial charge in [0.2, 0.25) is 5.91 Å². The first-order valence-corrected chi connectivity index (χ1v) is 8.67. The van der Waals surface area contributed by atoms with E-state index in [1.54, 1.807) is 6.92 Å². The molecule has 1 spiro atoms. The molecule has 3 atom stereocenters. The minimum absolute atomic E-state index is 0.0786. The second-order valence-corrected chi connectivity index (χ2v) is 7.20. The number of hydrogen-bond donors (Lipinski definition) is 2. The number of hydrogen-bond acceptors (Lipinski definition) is 3. The van der Waals surface area contributed by atoms with Gasteiger partial charge in [-0.05, 0) is 38.7 Å². The fourth-order valence-corrected chi connectivity index (χ4v) is 4.10. The Balaban J connectivity index is 1.58. The first-order chi connectivity index (χ1) is 11.0. The predicted octanol–water partition coefficient (Wildman–Crippen LogP) is 2.75. The van der Waals surface area contributed by atoms with Crippen LogP contribution in [0.3, 0.4) is 0 Å². The average molecular weight is 317 g/mol. The van der Waals surface area contributed by atoms with Crippen molar-refractivity contribution in [3.63, 3.8) is 0 Å². The van der Waals surface area contributed by atoms with E-state index in [1.807, 2.05) is 37.3 Å². The zero-order chi connectivity index (χ0) is 16.5. The van der Waals surface area contributed by atoms with E-state index in [2.05, 4.69) is 5.32 Å². The van der Waals surface area contributed by atoms with Crippen molar-refractivity contribution in [1.29, 1.82) is 0 Å². The Bertz CT molecular complexity index is 551. The number of aliphatic hydroxyl groups is 1. The van der Waals surface area contributed by atoms with Crippen LogP contribution >= 0.6 is 0 Å². The highest BCUT2D eigenvalue weighted by molar-refractivity contribution is 5.78. The zero-order valence-electron chi connectivity index (χ0n) is 14.0. The number of ether oxygens (including phenoxy) is 1. The normalized spacial score (nSPS) is 27.6. The molecule has 2 aliphatic rings. The lowest BCUT2D eigenvalue weighted by atomic mass is 9.51. The van der Waals surface area contributed by atoms with Gasteiger partial charge in [0.25, 0.3) is 0 Å². The number of carbonyl (C=O) groups excluding carboxylic acids is 1. The summed E-state index contributed by atoms with van der Waals surface area (Å²) in [6.45, 7) is 4.45. The van der Waals surface area contributed by atoms with Crippen molar-refractivity contribution in [2.75, 3.05) is 6.61 Å². The molecule has 0 aliphatic heterocycles. The Hall–Kier alpha value is -1.39. The van der Waals surface area contributed by atoms with Crippen LogP contribution in [0.5, 0.6) is 0 Å². The predicted molar refractivity (Wildman–Crippen MR) is 88.9 cm³/mol. The zero-order valence-corrected chi connectivity index (χ0v) is 14.0. The van der Waals surface area contributed by atoms with E-state index in [9.17, 15) is 9.90 Å². The molecule has 1 amide bonds. The van der Waals surface area contributed by atoms with Crippen molar-refractivity contribution in [2.45, 2.75) is 63.7 Å². The summed E-state index contributed by atoms with van der Waals surface area (Å²) in [5.41, 5.74) is -0.208. The van der Waals surface area contributed by atoms with E-state index in [4.69, 9.17) is 4.74 Å². The van der Waals surface area contributed by atoms with Crippen molar-refractivity contribution in [1.82, 2.24) is 5.32 Å². The molecule has 0 saturated heterocycles. The minimum atomic E-state index is -1.14. The summed E-state index contributed by atoms with van der Waals surface area (Å²) in [7, 11) is 0. The van der Waals surface area contributed by atoms with Crippen LogP contribution in [-0.2, 0) is 15.1 Å². The lowest BCUT2D eigenvalue weighted by Crippen LogP contribution is -2.67. The van der Waals surface area contributed by atoms with E-state index in [0.29, 0.717) is 6.10 Å². The quantitative estimate of drug-likeness (QED) is 0.848. The SMILES string of the molecule is CCOC1CC(NC(=O)CC(C)(O)c2ccccc2)C12CCC2. The maximum atomic E-state index is 12.4. The standard InChI is InChI=1S/C19H27NO3/c1-3-23-16-12-15(19(16)10-7-11-19)20-17(21)13-18(2,22)14-8-5-4-6-9-14/h4-6,8-9,15-16,22H,3,7,10-13H2,1-2H3,(H,20,21). The molecule has 2 saturated carbocycles. The second-order valence-electron chi connectivity index (χ2n) is 7.20. The highest BCUT2D eigenvalue weighted by Crippen LogP contribution is 2.57. The summed E-state index contributed by atoms with van der Waals surface area (Å²) in [5, 5.41) is 13.8. The molecule has 2 aliphatic carbocycles. The van der Waals surface area contributed by atoms with E-state index in [0.717, 1.165) is 31.4 Å². The summed E-state index contributed by atoms with van der Waals surface area (Å²) in [4.78, 5) is 12.4. The van der Waals surface area contributed by atoms with E-state index < -0.39 is 5.60 Å². The molecule has 0 radical (unpaired) electrons. The van der Waals surface area contributed by atoms with Gasteiger partial charge in [-0.3, -0.25) is 4.79 Å². The fourth-order valence-electron chi connectivity index (χ4n) is 4.10. The number of carbonyl (C=O) groups is 1. The Labute approximate surface area is 138 Å². The molecule has 2 N–H and O–H groups in total. The summed E-state index contributed by atoms with van der Waals surface area (Å²) in [6.07, 6.45) is 4.77. The third kappa shape index (κ3) is 3.02. The van der Waals surface area contributed by atoms with Crippen LogP contribution in [0.2, 0.25) is 0 Å². The summed E-state index contributed by atoms with van der Waals surface area (Å²) in [6, 6.07) is 9.58. The maximum absolute atomic E-state index is 12.4. The molecular formula is C19H27NO3. The van der Waals surface area contributed by atoms with Crippen LogP contribution in [0.1, 0.15) is 51.5 Å². The van der Waals surface area contributed by atoms with Crippen LogP contribution in [-0.4, -0.2) is 29.8 Å². The van der Waals surface area contributed by atoms with E-state index in [1.165, 1.54) is 6.42 Å². The molecule has 0 heterocycles.